The van der Waals surface area contributed by atoms with Crippen LogP contribution in [0.3, 0.4) is 0 Å². The minimum absolute atomic E-state index is 0.149. The number of ether oxygens (including phenoxy) is 1. The van der Waals surface area contributed by atoms with Crippen molar-refractivity contribution in [3.8, 4) is 0 Å². The first-order valence-electron chi connectivity index (χ1n) is 11.2. The maximum Gasteiger partial charge on any atom is 0.251 e. The fourth-order valence-corrected chi connectivity index (χ4v) is 6.30. The van der Waals surface area contributed by atoms with Crippen LogP contribution in [-0.2, 0) is 22.3 Å². The molecule has 2 heterocycles. The van der Waals surface area contributed by atoms with Crippen molar-refractivity contribution < 1.29 is 13.7 Å². The SMILES string of the molecule is CCCOCCNC1CCCN(S(=O)c2ccc(CNC(=O)c3ccc(Cl)cc3)s2)CC1. The summed E-state index contributed by atoms with van der Waals surface area (Å²) in [4.78, 5) is 13.3. The van der Waals surface area contributed by atoms with Crippen molar-refractivity contribution in [1.82, 2.24) is 14.9 Å². The third-order valence-corrected chi connectivity index (χ3v) is 8.41. The van der Waals surface area contributed by atoms with E-state index in [0.29, 0.717) is 23.2 Å². The molecule has 176 valence electrons. The van der Waals surface area contributed by atoms with Gasteiger partial charge in [-0.1, -0.05) is 18.5 Å². The number of rotatable bonds is 11. The molecule has 3 rings (SSSR count). The first kappa shape index (κ1) is 25.3. The molecule has 2 N–H and O–H groups in total. The Hall–Kier alpha value is -1.29. The smallest absolute Gasteiger partial charge is 0.251 e. The summed E-state index contributed by atoms with van der Waals surface area (Å²) in [5.41, 5.74) is 0.569. The monoisotopic (exact) mass is 497 g/mol. The third-order valence-electron chi connectivity index (χ3n) is 5.29. The Labute approximate surface area is 202 Å². The summed E-state index contributed by atoms with van der Waals surface area (Å²) in [6.07, 6.45) is 4.14. The molecule has 0 spiro atoms. The predicted molar refractivity (Wildman–Crippen MR) is 132 cm³/mol. The lowest BCUT2D eigenvalue weighted by atomic mass is 10.1. The molecule has 0 radical (unpaired) electrons. The van der Waals surface area contributed by atoms with Crippen molar-refractivity contribution in [3.05, 3.63) is 51.9 Å². The van der Waals surface area contributed by atoms with Crippen LogP contribution in [0.25, 0.3) is 0 Å². The van der Waals surface area contributed by atoms with E-state index in [0.717, 1.165) is 67.6 Å². The highest BCUT2D eigenvalue weighted by Gasteiger charge is 2.22. The van der Waals surface area contributed by atoms with E-state index in [9.17, 15) is 9.00 Å². The number of carbonyl (C=O) groups is 1. The standard InChI is InChI=1S/C23H32ClN3O3S2/c1-2-15-30-16-12-25-20-4-3-13-27(14-11-20)32(29)22-10-9-21(31-22)17-26-23(28)18-5-7-19(24)8-6-18/h5-10,20,25H,2-4,11-17H2,1H3,(H,26,28). The van der Waals surface area contributed by atoms with Crippen LogP contribution >= 0.6 is 22.9 Å². The second-order valence-corrected chi connectivity index (χ2v) is 11.1. The maximum atomic E-state index is 13.1. The number of thiophene rings is 1. The lowest BCUT2D eigenvalue weighted by molar-refractivity contribution is 0.0951. The summed E-state index contributed by atoms with van der Waals surface area (Å²) in [6.45, 7) is 6.58. The van der Waals surface area contributed by atoms with Gasteiger partial charge in [0.25, 0.3) is 5.91 Å². The minimum Gasteiger partial charge on any atom is -0.380 e. The molecule has 0 aliphatic carbocycles. The fourth-order valence-electron chi connectivity index (χ4n) is 3.57. The van der Waals surface area contributed by atoms with Crippen LogP contribution in [0.15, 0.2) is 40.6 Å². The van der Waals surface area contributed by atoms with E-state index >= 15 is 0 Å². The Morgan fingerprint density at radius 3 is 2.78 bits per heavy atom. The largest absolute Gasteiger partial charge is 0.380 e. The number of carbonyl (C=O) groups excluding carboxylic acids is 1. The van der Waals surface area contributed by atoms with Crippen LogP contribution in [0.1, 0.15) is 47.8 Å². The number of hydrogen-bond acceptors (Lipinski definition) is 5. The number of benzene rings is 1. The zero-order valence-corrected chi connectivity index (χ0v) is 20.9. The van der Waals surface area contributed by atoms with Gasteiger partial charge in [-0.25, -0.2) is 8.51 Å². The average molecular weight is 498 g/mol. The Morgan fingerprint density at radius 1 is 1.19 bits per heavy atom. The van der Waals surface area contributed by atoms with Crippen molar-refractivity contribution in [2.24, 2.45) is 0 Å². The second-order valence-electron chi connectivity index (χ2n) is 7.78. The average Bonchev–Trinajstić information content (AvgIpc) is 3.15. The first-order valence-corrected chi connectivity index (χ1v) is 13.5. The topological polar surface area (TPSA) is 70.7 Å². The van der Waals surface area contributed by atoms with Crippen LogP contribution in [0.2, 0.25) is 5.02 Å². The minimum atomic E-state index is -1.17. The molecule has 1 aliphatic rings. The number of halogens is 1. The van der Waals surface area contributed by atoms with E-state index in [2.05, 4.69) is 21.9 Å². The number of nitrogens with zero attached hydrogens (tertiary/aromatic N) is 1. The van der Waals surface area contributed by atoms with Gasteiger partial charge in [-0.2, -0.15) is 0 Å². The molecule has 0 saturated carbocycles. The Bertz CT molecular complexity index is 876. The first-order chi connectivity index (χ1) is 15.6. The van der Waals surface area contributed by atoms with Gasteiger partial charge in [0.1, 0.15) is 15.2 Å². The third kappa shape index (κ3) is 7.93. The normalized spacial score (nSPS) is 18.2. The fraction of sp³-hybridized carbons (Fsp3) is 0.522. The summed E-state index contributed by atoms with van der Waals surface area (Å²) < 4.78 is 21.5. The van der Waals surface area contributed by atoms with Gasteiger partial charge in [0.2, 0.25) is 0 Å². The van der Waals surface area contributed by atoms with Gasteiger partial charge in [-0.05, 0) is 62.1 Å². The summed E-state index contributed by atoms with van der Waals surface area (Å²) in [5.74, 6) is -0.149. The Morgan fingerprint density at radius 2 is 2.00 bits per heavy atom. The zero-order valence-electron chi connectivity index (χ0n) is 18.5. The molecule has 2 atom stereocenters. The molecule has 1 aliphatic heterocycles. The van der Waals surface area contributed by atoms with E-state index in [-0.39, 0.29) is 5.91 Å². The van der Waals surface area contributed by atoms with Gasteiger partial charge < -0.3 is 15.4 Å². The quantitative estimate of drug-likeness (QED) is 0.456. The van der Waals surface area contributed by atoms with Crippen molar-refractivity contribution in [3.63, 3.8) is 0 Å². The summed E-state index contributed by atoms with van der Waals surface area (Å²) in [7, 11) is -1.17. The summed E-state index contributed by atoms with van der Waals surface area (Å²) >= 11 is 7.36. The lowest BCUT2D eigenvalue weighted by Gasteiger charge is -2.18. The van der Waals surface area contributed by atoms with Crippen LogP contribution in [-0.4, -0.2) is 53.3 Å². The van der Waals surface area contributed by atoms with Crippen molar-refractivity contribution >= 4 is 39.8 Å². The summed E-state index contributed by atoms with van der Waals surface area (Å²) in [5, 5.41) is 7.08. The number of nitrogens with one attached hydrogen (secondary N) is 2. The highest BCUT2D eigenvalue weighted by atomic mass is 35.5. The van der Waals surface area contributed by atoms with Crippen molar-refractivity contribution in [1.29, 1.82) is 0 Å². The van der Waals surface area contributed by atoms with Gasteiger partial charge in [-0.15, -0.1) is 11.3 Å². The van der Waals surface area contributed by atoms with E-state index in [1.54, 1.807) is 24.3 Å². The molecule has 1 saturated heterocycles. The molecule has 1 aromatic heterocycles. The molecular weight excluding hydrogens is 466 g/mol. The molecular formula is C23H32ClN3O3S2. The highest BCUT2D eigenvalue weighted by Crippen LogP contribution is 2.24. The Kier molecular flexibility index (Phi) is 10.6. The molecule has 1 amide bonds. The van der Waals surface area contributed by atoms with Gasteiger partial charge in [0.05, 0.1) is 13.2 Å². The van der Waals surface area contributed by atoms with E-state index in [1.165, 1.54) is 11.3 Å². The molecule has 2 unspecified atom stereocenters. The van der Waals surface area contributed by atoms with Crippen LogP contribution in [0.4, 0.5) is 0 Å². The van der Waals surface area contributed by atoms with Gasteiger partial charge >= 0.3 is 0 Å². The lowest BCUT2D eigenvalue weighted by Crippen LogP contribution is -2.33. The summed E-state index contributed by atoms with van der Waals surface area (Å²) in [6, 6.07) is 11.1. The molecule has 2 aromatic rings. The molecule has 1 aromatic carbocycles. The van der Waals surface area contributed by atoms with Crippen LogP contribution < -0.4 is 10.6 Å². The molecule has 6 nitrogen and oxygen atoms in total. The molecule has 9 heteroatoms. The van der Waals surface area contributed by atoms with E-state index in [1.807, 2.05) is 12.1 Å². The van der Waals surface area contributed by atoms with Crippen molar-refractivity contribution in [2.45, 2.75) is 49.4 Å². The number of hydrogen-bond donors (Lipinski definition) is 2. The molecule has 0 bridgehead atoms. The van der Waals surface area contributed by atoms with Crippen LogP contribution in [0, 0.1) is 0 Å². The van der Waals surface area contributed by atoms with Gasteiger partial charge in [0, 0.05) is 47.7 Å². The predicted octanol–water partition coefficient (Wildman–Crippen LogP) is 4.22. The van der Waals surface area contributed by atoms with E-state index < -0.39 is 11.0 Å². The molecule has 32 heavy (non-hydrogen) atoms. The molecule has 1 fully saturated rings. The van der Waals surface area contributed by atoms with Gasteiger partial charge in [0.15, 0.2) is 0 Å². The van der Waals surface area contributed by atoms with Crippen LogP contribution in [0.5, 0.6) is 0 Å². The zero-order chi connectivity index (χ0) is 22.8. The maximum absolute atomic E-state index is 13.1. The van der Waals surface area contributed by atoms with Crippen molar-refractivity contribution in [2.75, 3.05) is 32.8 Å². The second kappa shape index (κ2) is 13.4. The van der Waals surface area contributed by atoms with Gasteiger partial charge in [-0.3, -0.25) is 4.79 Å². The highest BCUT2D eigenvalue weighted by molar-refractivity contribution is 7.85. The number of amides is 1. The van der Waals surface area contributed by atoms with E-state index in [4.69, 9.17) is 16.3 Å². The Balaban J connectivity index is 1.44.